The number of hydrogen-bond acceptors (Lipinski definition) is 3. The lowest BCUT2D eigenvalue weighted by atomic mass is 10.1. The highest BCUT2D eigenvalue weighted by molar-refractivity contribution is 5.66. The SMILES string of the molecule is O=C(O)CCCCCCCCCCCCCOO. The lowest BCUT2D eigenvalue weighted by Gasteiger charge is -2.02. The van der Waals surface area contributed by atoms with Gasteiger partial charge in [0.25, 0.3) is 0 Å². The quantitative estimate of drug-likeness (QED) is 0.278. The summed E-state index contributed by atoms with van der Waals surface area (Å²) in [4.78, 5) is 14.3. The van der Waals surface area contributed by atoms with Gasteiger partial charge in [-0.05, 0) is 12.8 Å². The first kappa shape index (κ1) is 17.4. The van der Waals surface area contributed by atoms with Crippen molar-refractivity contribution in [2.45, 2.75) is 77.0 Å². The van der Waals surface area contributed by atoms with Crippen molar-refractivity contribution < 1.29 is 20.0 Å². The van der Waals surface area contributed by atoms with E-state index in [1.54, 1.807) is 0 Å². The van der Waals surface area contributed by atoms with Gasteiger partial charge in [0.1, 0.15) is 0 Å². The summed E-state index contributed by atoms with van der Waals surface area (Å²) in [5.41, 5.74) is 0. The molecule has 0 bridgehead atoms. The van der Waals surface area contributed by atoms with Crippen LogP contribution in [0.25, 0.3) is 0 Å². The number of rotatable bonds is 14. The van der Waals surface area contributed by atoms with Gasteiger partial charge in [-0.25, -0.2) is 4.89 Å². The Balaban J connectivity index is 2.92. The minimum atomic E-state index is -0.679. The maximum absolute atomic E-state index is 10.3. The predicted molar refractivity (Wildman–Crippen MR) is 71.6 cm³/mol. The average Bonchev–Trinajstić information content (AvgIpc) is 2.34. The van der Waals surface area contributed by atoms with Gasteiger partial charge in [-0.3, -0.25) is 10.1 Å². The van der Waals surface area contributed by atoms with Crippen molar-refractivity contribution >= 4 is 5.97 Å². The summed E-state index contributed by atoms with van der Waals surface area (Å²) in [6, 6.07) is 0. The number of carbonyl (C=O) groups is 1. The van der Waals surface area contributed by atoms with Gasteiger partial charge >= 0.3 is 5.97 Å². The maximum atomic E-state index is 10.3. The van der Waals surface area contributed by atoms with E-state index < -0.39 is 5.97 Å². The van der Waals surface area contributed by atoms with Crippen molar-refractivity contribution in [1.29, 1.82) is 0 Å². The van der Waals surface area contributed by atoms with Gasteiger partial charge in [-0.1, -0.05) is 57.8 Å². The van der Waals surface area contributed by atoms with Crippen LogP contribution in [0.2, 0.25) is 0 Å². The van der Waals surface area contributed by atoms with Crippen LogP contribution in [-0.2, 0) is 9.68 Å². The molecule has 0 rings (SSSR count). The second-order valence-electron chi connectivity index (χ2n) is 4.87. The van der Waals surface area contributed by atoms with Crippen LogP contribution in [0, 0.1) is 0 Å². The molecule has 0 aliphatic rings. The van der Waals surface area contributed by atoms with Gasteiger partial charge in [0, 0.05) is 6.42 Å². The van der Waals surface area contributed by atoms with E-state index in [9.17, 15) is 4.79 Å². The molecule has 0 unspecified atom stereocenters. The average molecular weight is 260 g/mol. The third kappa shape index (κ3) is 15.4. The highest BCUT2D eigenvalue weighted by atomic mass is 17.1. The van der Waals surface area contributed by atoms with Crippen LogP contribution in [0.1, 0.15) is 77.0 Å². The van der Waals surface area contributed by atoms with Crippen molar-refractivity contribution in [3.8, 4) is 0 Å². The summed E-state index contributed by atoms with van der Waals surface area (Å²) < 4.78 is 0. The van der Waals surface area contributed by atoms with E-state index in [2.05, 4.69) is 4.89 Å². The highest BCUT2D eigenvalue weighted by Gasteiger charge is 1.96. The first-order valence-corrected chi connectivity index (χ1v) is 7.25. The smallest absolute Gasteiger partial charge is 0.303 e. The molecule has 0 atom stereocenters. The van der Waals surface area contributed by atoms with Gasteiger partial charge in [0.15, 0.2) is 0 Å². The van der Waals surface area contributed by atoms with Crippen molar-refractivity contribution in [2.75, 3.05) is 6.61 Å². The molecule has 0 spiro atoms. The van der Waals surface area contributed by atoms with Crippen molar-refractivity contribution in [2.24, 2.45) is 0 Å². The molecule has 0 amide bonds. The fourth-order valence-electron chi connectivity index (χ4n) is 2.03. The Hall–Kier alpha value is -0.610. The second kappa shape index (κ2) is 14.5. The Labute approximate surface area is 110 Å². The third-order valence-corrected chi connectivity index (χ3v) is 3.13. The largest absolute Gasteiger partial charge is 0.481 e. The number of aliphatic carboxylic acids is 1. The lowest BCUT2D eigenvalue weighted by Crippen LogP contribution is -1.93. The van der Waals surface area contributed by atoms with Gasteiger partial charge in [0.05, 0.1) is 6.61 Å². The Morgan fingerprint density at radius 3 is 1.50 bits per heavy atom. The molecule has 0 aliphatic carbocycles. The van der Waals surface area contributed by atoms with E-state index >= 15 is 0 Å². The molecule has 0 heterocycles. The molecule has 0 saturated heterocycles. The van der Waals surface area contributed by atoms with Gasteiger partial charge in [0.2, 0.25) is 0 Å². The molecule has 4 nitrogen and oxygen atoms in total. The number of carboxylic acids is 1. The van der Waals surface area contributed by atoms with Gasteiger partial charge in [-0.15, -0.1) is 0 Å². The zero-order chi connectivity index (χ0) is 13.5. The maximum Gasteiger partial charge on any atom is 0.303 e. The molecule has 18 heavy (non-hydrogen) atoms. The molecule has 0 aromatic carbocycles. The van der Waals surface area contributed by atoms with Crippen LogP contribution >= 0.6 is 0 Å². The van der Waals surface area contributed by atoms with E-state index in [1.807, 2.05) is 0 Å². The molecular weight excluding hydrogens is 232 g/mol. The monoisotopic (exact) mass is 260 g/mol. The lowest BCUT2D eigenvalue weighted by molar-refractivity contribution is -0.242. The van der Waals surface area contributed by atoms with Crippen molar-refractivity contribution in [3.05, 3.63) is 0 Å². The van der Waals surface area contributed by atoms with Crippen LogP contribution in [0.15, 0.2) is 0 Å². The minimum Gasteiger partial charge on any atom is -0.481 e. The van der Waals surface area contributed by atoms with Crippen LogP contribution in [0.3, 0.4) is 0 Å². The summed E-state index contributed by atoms with van der Waals surface area (Å²) in [6.45, 7) is 0.455. The summed E-state index contributed by atoms with van der Waals surface area (Å²) in [6.07, 6.45) is 13.0. The number of hydrogen-bond donors (Lipinski definition) is 2. The fourth-order valence-corrected chi connectivity index (χ4v) is 2.03. The zero-order valence-corrected chi connectivity index (χ0v) is 11.4. The molecule has 4 heteroatoms. The molecule has 0 aromatic heterocycles. The molecule has 0 radical (unpaired) electrons. The van der Waals surface area contributed by atoms with Crippen LogP contribution in [0.4, 0.5) is 0 Å². The second-order valence-corrected chi connectivity index (χ2v) is 4.87. The van der Waals surface area contributed by atoms with Gasteiger partial charge < -0.3 is 5.11 Å². The Morgan fingerprint density at radius 2 is 1.11 bits per heavy atom. The molecule has 0 saturated carbocycles. The molecule has 2 N–H and O–H groups in total. The highest BCUT2D eigenvalue weighted by Crippen LogP contribution is 2.11. The van der Waals surface area contributed by atoms with Crippen LogP contribution in [0.5, 0.6) is 0 Å². The first-order valence-electron chi connectivity index (χ1n) is 7.25. The summed E-state index contributed by atoms with van der Waals surface area (Å²) in [5.74, 6) is -0.679. The number of unbranched alkanes of at least 4 members (excludes halogenated alkanes) is 10. The normalized spacial score (nSPS) is 10.7. The van der Waals surface area contributed by atoms with E-state index in [1.165, 1.54) is 44.9 Å². The minimum absolute atomic E-state index is 0.317. The van der Waals surface area contributed by atoms with Crippen molar-refractivity contribution in [3.63, 3.8) is 0 Å². The third-order valence-electron chi connectivity index (χ3n) is 3.13. The predicted octanol–water partition coefficient (Wildman–Crippen LogP) is 4.24. The topological polar surface area (TPSA) is 66.8 Å². The molecule has 0 aliphatic heterocycles. The fraction of sp³-hybridized carbons (Fsp3) is 0.929. The molecule has 0 fully saturated rings. The Kier molecular flexibility index (Phi) is 14.0. The molecule has 0 aromatic rings. The van der Waals surface area contributed by atoms with E-state index in [4.69, 9.17) is 10.4 Å². The van der Waals surface area contributed by atoms with Crippen molar-refractivity contribution in [1.82, 2.24) is 0 Å². The first-order chi connectivity index (χ1) is 8.77. The Morgan fingerprint density at radius 1 is 0.722 bits per heavy atom. The Bertz CT molecular complexity index is 183. The van der Waals surface area contributed by atoms with Crippen LogP contribution < -0.4 is 0 Å². The summed E-state index contributed by atoms with van der Waals surface area (Å²) in [7, 11) is 0. The number of carboxylic acid groups (broad SMARTS) is 1. The molecule has 108 valence electrons. The summed E-state index contributed by atoms with van der Waals surface area (Å²) >= 11 is 0. The standard InChI is InChI=1S/C14H28O4/c15-14(16)12-10-8-6-4-2-1-3-5-7-9-11-13-18-17/h17H,1-13H2,(H,15,16). The van der Waals surface area contributed by atoms with Crippen LogP contribution in [-0.4, -0.2) is 22.9 Å². The zero-order valence-electron chi connectivity index (χ0n) is 11.4. The molecular formula is C14H28O4. The summed E-state index contributed by atoms with van der Waals surface area (Å²) in [5, 5.41) is 16.6. The van der Waals surface area contributed by atoms with Gasteiger partial charge in [-0.2, -0.15) is 0 Å². The van der Waals surface area contributed by atoms with E-state index in [-0.39, 0.29) is 0 Å². The van der Waals surface area contributed by atoms with E-state index in [0.29, 0.717) is 13.0 Å². The van der Waals surface area contributed by atoms with E-state index in [0.717, 1.165) is 25.7 Å².